The Morgan fingerprint density at radius 3 is 3.00 bits per heavy atom. The predicted octanol–water partition coefficient (Wildman–Crippen LogP) is 0.588. The fourth-order valence-corrected chi connectivity index (χ4v) is 2.02. The number of aliphatic hydroxyl groups is 1. The summed E-state index contributed by atoms with van der Waals surface area (Å²) in [7, 11) is 1.77. The molecule has 1 aliphatic heterocycles. The van der Waals surface area contributed by atoms with Gasteiger partial charge >= 0.3 is 0 Å². The van der Waals surface area contributed by atoms with Gasteiger partial charge in [0.2, 0.25) is 5.91 Å². The summed E-state index contributed by atoms with van der Waals surface area (Å²) in [4.78, 5) is 13.1. The van der Waals surface area contributed by atoms with Gasteiger partial charge in [-0.05, 0) is 30.2 Å². The lowest BCUT2D eigenvalue weighted by Crippen LogP contribution is -2.20. The van der Waals surface area contributed by atoms with E-state index < -0.39 is 6.10 Å². The zero-order valence-electron chi connectivity index (χ0n) is 9.31. The van der Waals surface area contributed by atoms with Gasteiger partial charge in [-0.25, -0.2) is 0 Å². The molecule has 1 heterocycles. The topological polar surface area (TPSA) is 66.6 Å². The van der Waals surface area contributed by atoms with Gasteiger partial charge in [0.15, 0.2) is 0 Å². The Morgan fingerprint density at radius 1 is 1.56 bits per heavy atom. The van der Waals surface area contributed by atoms with E-state index in [-0.39, 0.29) is 5.91 Å². The van der Waals surface area contributed by atoms with Gasteiger partial charge in [0.1, 0.15) is 0 Å². The van der Waals surface area contributed by atoms with Crippen molar-refractivity contribution in [1.82, 2.24) is 0 Å². The van der Waals surface area contributed by atoms with Gasteiger partial charge in [-0.1, -0.05) is 12.1 Å². The summed E-state index contributed by atoms with van der Waals surface area (Å²) in [5.74, 6) is 0.0977. The van der Waals surface area contributed by atoms with E-state index in [2.05, 4.69) is 0 Å². The first-order valence-corrected chi connectivity index (χ1v) is 5.41. The van der Waals surface area contributed by atoms with Gasteiger partial charge in [0.25, 0.3) is 0 Å². The van der Waals surface area contributed by atoms with Gasteiger partial charge in [-0.2, -0.15) is 0 Å². The van der Waals surface area contributed by atoms with Crippen molar-refractivity contribution in [3.8, 4) is 0 Å². The maximum Gasteiger partial charge on any atom is 0.231 e. The van der Waals surface area contributed by atoms with E-state index >= 15 is 0 Å². The van der Waals surface area contributed by atoms with Gasteiger partial charge in [0, 0.05) is 12.7 Å². The average Bonchev–Trinajstić information content (AvgIpc) is 2.55. The molecule has 4 heteroatoms. The molecule has 1 unspecified atom stereocenters. The molecule has 4 nitrogen and oxygen atoms in total. The van der Waals surface area contributed by atoms with Gasteiger partial charge in [-0.3, -0.25) is 4.79 Å². The maximum atomic E-state index is 11.5. The molecule has 1 aromatic carbocycles. The van der Waals surface area contributed by atoms with Crippen LogP contribution in [0.3, 0.4) is 0 Å². The van der Waals surface area contributed by atoms with E-state index in [1.165, 1.54) is 0 Å². The van der Waals surface area contributed by atoms with Crippen molar-refractivity contribution < 1.29 is 9.90 Å². The van der Waals surface area contributed by atoms with Crippen LogP contribution in [0.4, 0.5) is 5.69 Å². The number of rotatable bonds is 3. The third kappa shape index (κ3) is 1.81. The number of amides is 1. The van der Waals surface area contributed by atoms with Gasteiger partial charge < -0.3 is 15.7 Å². The first-order valence-electron chi connectivity index (χ1n) is 5.41. The molecule has 0 radical (unpaired) electrons. The molecule has 0 aromatic heterocycles. The number of likely N-dealkylation sites (N-methyl/N-ethyl adjacent to an activating group) is 1. The number of aliphatic hydroxyl groups excluding tert-OH is 1. The van der Waals surface area contributed by atoms with Crippen LogP contribution >= 0.6 is 0 Å². The highest BCUT2D eigenvalue weighted by Gasteiger charge is 2.24. The first-order chi connectivity index (χ1) is 7.63. The molecule has 2 rings (SSSR count). The highest BCUT2D eigenvalue weighted by Crippen LogP contribution is 2.30. The molecule has 0 saturated heterocycles. The van der Waals surface area contributed by atoms with E-state index in [0.29, 0.717) is 19.4 Å². The van der Waals surface area contributed by atoms with Crippen LogP contribution in [0.2, 0.25) is 0 Å². The summed E-state index contributed by atoms with van der Waals surface area (Å²) >= 11 is 0. The normalized spacial score (nSPS) is 16.4. The standard InChI is InChI=1S/C12H16N2O2/c1-14-10-3-2-8(11(15)4-5-13)6-9(10)7-12(14)16/h2-3,6,11,15H,4-5,7,13H2,1H3. The fourth-order valence-electron chi connectivity index (χ4n) is 2.02. The molecule has 16 heavy (non-hydrogen) atoms. The number of hydrogen-bond acceptors (Lipinski definition) is 3. The van der Waals surface area contributed by atoms with Crippen molar-refractivity contribution in [2.45, 2.75) is 18.9 Å². The van der Waals surface area contributed by atoms with E-state index in [4.69, 9.17) is 5.73 Å². The van der Waals surface area contributed by atoms with Gasteiger partial charge in [-0.15, -0.1) is 0 Å². The van der Waals surface area contributed by atoms with E-state index in [9.17, 15) is 9.90 Å². The van der Waals surface area contributed by atoms with Crippen LogP contribution in [0.15, 0.2) is 18.2 Å². The minimum Gasteiger partial charge on any atom is -0.388 e. The largest absolute Gasteiger partial charge is 0.388 e. The number of hydrogen-bond donors (Lipinski definition) is 2. The van der Waals surface area contributed by atoms with Gasteiger partial charge in [0.05, 0.1) is 12.5 Å². The second-order valence-corrected chi connectivity index (χ2v) is 4.11. The summed E-state index contributed by atoms with van der Waals surface area (Å²) in [6, 6.07) is 5.64. The van der Waals surface area contributed by atoms with Crippen molar-refractivity contribution in [3.05, 3.63) is 29.3 Å². The summed E-state index contributed by atoms with van der Waals surface area (Å²) < 4.78 is 0. The van der Waals surface area contributed by atoms with Crippen LogP contribution in [-0.4, -0.2) is 24.6 Å². The Morgan fingerprint density at radius 2 is 2.31 bits per heavy atom. The number of carbonyl (C=O) groups is 1. The quantitative estimate of drug-likeness (QED) is 0.783. The second-order valence-electron chi connectivity index (χ2n) is 4.11. The molecule has 3 N–H and O–H groups in total. The zero-order valence-corrected chi connectivity index (χ0v) is 9.31. The van der Waals surface area contributed by atoms with E-state index in [1.54, 1.807) is 11.9 Å². The Kier molecular flexibility index (Phi) is 2.94. The lowest BCUT2D eigenvalue weighted by atomic mass is 10.0. The SMILES string of the molecule is CN1C(=O)Cc2cc(C(O)CCN)ccc21. The molecule has 86 valence electrons. The summed E-state index contributed by atoms with van der Waals surface area (Å²) in [5.41, 5.74) is 8.17. The third-order valence-electron chi connectivity index (χ3n) is 3.01. The molecular formula is C12H16N2O2. The predicted molar refractivity (Wildman–Crippen MR) is 62.2 cm³/mol. The Balaban J connectivity index is 2.28. The number of anilines is 1. The van der Waals surface area contributed by atoms with Crippen LogP contribution in [0.25, 0.3) is 0 Å². The molecule has 0 saturated carbocycles. The molecule has 0 spiro atoms. The summed E-state index contributed by atoms with van der Waals surface area (Å²) in [6.07, 6.45) is 0.439. The molecule has 0 aliphatic carbocycles. The van der Waals surface area contributed by atoms with Crippen LogP contribution in [0.1, 0.15) is 23.7 Å². The van der Waals surface area contributed by atoms with Crippen molar-refractivity contribution in [2.24, 2.45) is 5.73 Å². The monoisotopic (exact) mass is 220 g/mol. The number of nitrogens with zero attached hydrogens (tertiary/aromatic N) is 1. The van der Waals surface area contributed by atoms with Crippen LogP contribution < -0.4 is 10.6 Å². The molecule has 0 fully saturated rings. The zero-order chi connectivity index (χ0) is 11.7. The smallest absolute Gasteiger partial charge is 0.231 e. The molecule has 0 bridgehead atoms. The maximum absolute atomic E-state index is 11.5. The number of benzene rings is 1. The number of carbonyl (C=O) groups excluding carboxylic acids is 1. The molecule has 1 amide bonds. The minimum absolute atomic E-state index is 0.0977. The highest BCUT2D eigenvalue weighted by atomic mass is 16.3. The molecule has 1 aliphatic rings. The Bertz CT molecular complexity index is 417. The van der Waals surface area contributed by atoms with Crippen molar-refractivity contribution in [2.75, 3.05) is 18.5 Å². The fraction of sp³-hybridized carbons (Fsp3) is 0.417. The van der Waals surface area contributed by atoms with Crippen molar-refractivity contribution in [3.63, 3.8) is 0 Å². The number of nitrogens with two attached hydrogens (primary N) is 1. The molecular weight excluding hydrogens is 204 g/mol. The first kappa shape index (κ1) is 11.1. The average molecular weight is 220 g/mol. The van der Waals surface area contributed by atoms with Crippen molar-refractivity contribution in [1.29, 1.82) is 0 Å². The third-order valence-corrected chi connectivity index (χ3v) is 3.01. The Labute approximate surface area is 94.7 Å². The molecule has 1 aromatic rings. The lowest BCUT2D eigenvalue weighted by molar-refractivity contribution is -0.117. The van der Waals surface area contributed by atoms with Crippen LogP contribution in [0, 0.1) is 0 Å². The second kappa shape index (κ2) is 4.23. The Hall–Kier alpha value is -1.39. The highest BCUT2D eigenvalue weighted by molar-refractivity contribution is 6.00. The van der Waals surface area contributed by atoms with Crippen LogP contribution in [-0.2, 0) is 11.2 Å². The van der Waals surface area contributed by atoms with Crippen LogP contribution in [0.5, 0.6) is 0 Å². The summed E-state index contributed by atoms with van der Waals surface area (Å²) in [5, 5.41) is 9.81. The number of fused-ring (bicyclic) bond motifs is 1. The van der Waals surface area contributed by atoms with Crippen molar-refractivity contribution >= 4 is 11.6 Å². The summed E-state index contributed by atoms with van der Waals surface area (Å²) in [6.45, 7) is 0.455. The molecule has 1 atom stereocenters. The minimum atomic E-state index is -0.531. The van der Waals surface area contributed by atoms with E-state index in [0.717, 1.165) is 16.8 Å². The lowest BCUT2D eigenvalue weighted by Gasteiger charge is -2.13. The van der Waals surface area contributed by atoms with E-state index in [1.807, 2.05) is 18.2 Å².